The van der Waals surface area contributed by atoms with Crippen LogP contribution in [-0.4, -0.2) is 22.3 Å². The molecular weight excluding hydrogens is 178 g/mol. The van der Waals surface area contributed by atoms with Crippen LogP contribution in [0.2, 0.25) is 0 Å². The highest BCUT2D eigenvalue weighted by Crippen LogP contribution is 2.58. The molecule has 4 atom stereocenters. The minimum atomic E-state index is -0.509. The van der Waals surface area contributed by atoms with Gasteiger partial charge in [-0.05, 0) is 43.9 Å². The average molecular weight is 193 g/mol. The second kappa shape index (κ2) is 2.47. The summed E-state index contributed by atoms with van der Waals surface area (Å²) in [5.74, 6) is 1.19. The average Bonchev–Trinajstić information content (AvgIpc) is 1.97. The van der Waals surface area contributed by atoms with Gasteiger partial charge < -0.3 is 5.11 Å². The Morgan fingerprint density at radius 2 is 1.86 bits per heavy atom. The van der Waals surface area contributed by atoms with Crippen LogP contribution < -0.4 is 0 Å². The van der Waals surface area contributed by atoms with Gasteiger partial charge in [0.05, 0.1) is 11.1 Å². The van der Waals surface area contributed by atoms with E-state index in [1.54, 1.807) is 6.08 Å². The van der Waals surface area contributed by atoms with Crippen molar-refractivity contribution in [3.05, 3.63) is 0 Å². The number of aliphatic imine (C=N–C) groups is 1. The molecule has 0 radical (unpaired) electrons. The van der Waals surface area contributed by atoms with Gasteiger partial charge >= 0.3 is 0 Å². The maximum atomic E-state index is 10.4. The molecule has 0 heterocycles. The van der Waals surface area contributed by atoms with Crippen LogP contribution in [0.5, 0.6) is 0 Å². The SMILES string of the molecule is O=C=NC12C[C@@H]3C[C@@H](CC(O)(C3)C1)C2. The summed E-state index contributed by atoms with van der Waals surface area (Å²) in [5.41, 5.74) is -0.745. The third-order valence-corrected chi connectivity index (χ3v) is 4.28. The molecule has 4 saturated carbocycles. The lowest BCUT2D eigenvalue weighted by atomic mass is 9.51. The summed E-state index contributed by atoms with van der Waals surface area (Å²) < 4.78 is 0. The highest BCUT2D eigenvalue weighted by molar-refractivity contribution is 5.36. The van der Waals surface area contributed by atoms with Crippen molar-refractivity contribution < 1.29 is 9.90 Å². The van der Waals surface area contributed by atoms with Crippen LogP contribution >= 0.6 is 0 Å². The van der Waals surface area contributed by atoms with E-state index >= 15 is 0 Å². The first-order valence-electron chi connectivity index (χ1n) is 5.45. The molecule has 0 spiro atoms. The van der Waals surface area contributed by atoms with Crippen LogP contribution in [0, 0.1) is 11.8 Å². The number of carbonyl (C=O) groups excluding carboxylic acids is 1. The summed E-state index contributed by atoms with van der Waals surface area (Å²) >= 11 is 0. The first-order chi connectivity index (χ1) is 6.63. The van der Waals surface area contributed by atoms with E-state index in [4.69, 9.17) is 0 Å². The molecule has 76 valence electrons. The fourth-order valence-corrected chi connectivity index (χ4v) is 4.39. The van der Waals surface area contributed by atoms with Crippen molar-refractivity contribution in [2.75, 3.05) is 0 Å². The standard InChI is InChI=1S/C11H15NO2/c13-7-12-10-2-8-1-9(3-10)5-11(14,4-8)6-10/h8-9,14H,1-6H2/t8-,9+,10?,11?. The molecule has 4 rings (SSSR count). The van der Waals surface area contributed by atoms with Crippen LogP contribution in [0.25, 0.3) is 0 Å². The summed E-state index contributed by atoms with van der Waals surface area (Å²) in [6, 6.07) is 0. The second-order valence-corrected chi connectivity index (χ2v) is 5.61. The summed E-state index contributed by atoms with van der Waals surface area (Å²) in [5, 5.41) is 10.3. The highest BCUT2D eigenvalue weighted by Gasteiger charge is 2.57. The Morgan fingerprint density at radius 1 is 1.21 bits per heavy atom. The predicted molar refractivity (Wildman–Crippen MR) is 50.5 cm³/mol. The summed E-state index contributed by atoms with van der Waals surface area (Å²) in [6.45, 7) is 0. The lowest BCUT2D eigenvalue weighted by molar-refractivity contribution is -0.132. The second-order valence-electron chi connectivity index (χ2n) is 5.61. The fourth-order valence-electron chi connectivity index (χ4n) is 4.39. The monoisotopic (exact) mass is 193 g/mol. The van der Waals surface area contributed by atoms with Crippen LogP contribution in [0.1, 0.15) is 38.5 Å². The van der Waals surface area contributed by atoms with Crippen molar-refractivity contribution in [2.24, 2.45) is 16.8 Å². The molecular formula is C11H15NO2. The van der Waals surface area contributed by atoms with Crippen LogP contribution in [0.4, 0.5) is 0 Å². The van der Waals surface area contributed by atoms with Crippen molar-refractivity contribution in [2.45, 2.75) is 49.7 Å². The summed E-state index contributed by atoms with van der Waals surface area (Å²) in [6.07, 6.45) is 7.50. The highest BCUT2D eigenvalue weighted by atomic mass is 16.3. The molecule has 0 amide bonds. The van der Waals surface area contributed by atoms with Gasteiger partial charge in [0.15, 0.2) is 0 Å². The number of hydrogen-bond donors (Lipinski definition) is 1. The van der Waals surface area contributed by atoms with Crippen LogP contribution in [-0.2, 0) is 4.79 Å². The fraction of sp³-hybridized carbons (Fsp3) is 0.909. The van der Waals surface area contributed by atoms with Gasteiger partial charge in [0, 0.05) is 6.42 Å². The van der Waals surface area contributed by atoms with Gasteiger partial charge in [-0.3, -0.25) is 0 Å². The smallest absolute Gasteiger partial charge is 0.235 e. The molecule has 2 unspecified atom stereocenters. The molecule has 0 aromatic carbocycles. The van der Waals surface area contributed by atoms with Crippen LogP contribution in [0.15, 0.2) is 4.99 Å². The lowest BCUT2D eigenvalue weighted by Gasteiger charge is -2.58. The zero-order valence-electron chi connectivity index (χ0n) is 8.20. The van der Waals surface area contributed by atoms with Crippen molar-refractivity contribution in [1.29, 1.82) is 0 Å². The first-order valence-corrected chi connectivity index (χ1v) is 5.45. The summed E-state index contributed by atoms with van der Waals surface area (Å²) in [4.78, 5) is 14.4. The molecule has 0 aromatic heterocycles. The third-order valence-electron chi connectivity index (χ3n) is 4.28. The Hall–Kier alpha value is -0.660. The van der Waals surface area contributed by atoms with Gasteiger partial charge in [-0.2, -0.15) is 4.99 Å². The van der Waals surface area contributed by atoms with Crippen molar-refractivity contribution in [3.63, 3.8) is 0 Å². The molecule has 3 heteroatoms. The molecule has 3 nitrogen and oxygen atoms in total. The molecule has 0 aliphatic heterocycles. The van der Waals surface area contributed by atoms with Gasteiger partial charge in [-0.1, -0.05) is 0 Å². The van der Waals surface area contributed by atoms with Gasteiger partial charge in [0.1, 0.15) is 0 Å². The van der Waals surface area contributed by atoms with Crippen molar-refractivity contribution >= 4 is 6.08 Å². The molecule has 0 saturated heterocycles. The minimum absolute atomic E-state index is 0.236. The lowest BCUT2D eigenvalue weighted by Crippen LogP contribution is -2.58. The maximum Gasteiger partial charge on any atom is 0.235 e. The van der Waals surface area contributed by atoms with E-state index in [0.717, 1.165) is 25.7 Å². The van der Waals surface area contributed by atoms with E-state index in [-0.39, 0.29) is 5.54 Å². The molecule has 1 N–H and O–H groups in total. The Labute approximate surface area is 83.2 Å². The number of nitrogens with zero attached hydrogens (tertiary/aromatic N) is 1. The number of aliphatic hydroxyl groups is 1. The molecule has 0 aromatic rings. The largest absolute Gasteiger partial charge is 0.390 e. The molecule has 4 fully saturated rings. The zero-order chi connectivity index (χ0) is 9.81. The topological polar surface area (TPSA) is 49.7 Å². The third kappa shape index (κ3) is 1.09. The predicted octanol–water partition coefficient (Wildman–Crippen LogP) is 1.41. The quantitative estimate of drug-likeness (QED) is 0.505. The summed E-state index contributed by atoms with van der Waals surface area (Å²) in [7, 11) is 0. The van der Waals surface area contributed by atoms with Gasteiger partial charge in [0.25, 0.3) is 0 Å². The maximum absolute atomic E-state index is 10.4. The Balaban J connectivity index is 2.00. The Bertz CT molecular complexity index is 305. The first kappa shape index (κ1) is 8.63. The number of isocyanates is 1. The minimum Gasteiger partial charge on any atom is -0.390 e. The van der Waals surface area contributed by atoms with Crippen molar-refractivity contribution in [3.8, 4) is 0 Å². The van der Waals surface area contributed by atoms with E-state index < -0.39 is 5.60 Å². The normalized spacial score (nSPS) is 54.4. The van der Waals surface area contributed by atoms with Gasteiger partial charge in [-0.25, -0.2) is 4.79 Å². The Kier molecular flexibility index (Phi) is 1.52. The number of rotatable bonds is 1. The van der Waals surface area contributed by atoms with E-state index in [9.17, 15) is 9.90 Å². The van der Waals surface area contributed by atoms with E-state index in [0.29, 0.717) is 18.3 Å². The molecule has 4 aliphatic rings. The molecule has 14 heavy (non-hydrogen) atoms. The molecule has 4 aliphatic carbocycles. The van der Waals surface area contributed by atoms with E-state index in [1.165, 1.54) is 6.42 Å². The molecule has 4 bridgehead atoms. The van der Waals surface area contributed by atoms with Gasteiger partial charge in [-0.15, -0.1) is 0 Å². The van der Waals surface area contributed by atoms with E-state index in [2.05, 4.69) is 4.99 Å². The van der Waals surface area contributed by atoms with Gasteiger partial charge in [0.2, 0.25) is 6.08 Å². The zero-order valence-corrected chi connectivity index (χ0v) is 8.20. The number of hydrogen-bond acceptors (Lipinski definition) is 3. The Morgan fingerprint density at radius 3 is 2.36 bits per heavy atom. The van der Waals surface area contributed by atoms with Crippen molar-refractivity contribution in [1.82, 2.24) is 0 Å². The van der Waals surface area contributed by atoms with E-state index in [1.807, 2.05) is 0 Å². The van der Waals surface area contributed by atoms with Crippen LogP contribution in [0.3, 0.4) is 0 Å².